The lowest BCUT2D eigenvalue weighted by Gasteiger charge is -2.30. The molecule has 0 radical (unpaired) electrons. The number of anilines is 1. The number of nitrogens with one attached hydrogen (secondary N) is 1. The van der Waals surface area contributed by atoms with Gasteiger partial charge < -0.3 is 14.8 Å². The van der Waals surface area contributed by atoms with E-state index in [1.54, 1.807) is 25.3 Å². The predicted molar refractivity (Wildman–Crippen MR) is 90.7 cm³/mol. The summed E-state index contributed by atoms with van der Waals surface area (Å²) in [6, 6.07) is 5.16. The van der Waals surface area contributed by atoms with Crippen LogP contribution in [0.25, 0.3) is 0 Å². The van der Waals surface area contributed by atoms with E-state index >= 15 is 0 Å². The predicted octanol–water partition coefficient (Wildman–Crippen LogP) is 4.52. The van der Waals surface area contributed by atoms with Crippen molar-refractivity contribution in [2.45, 2.75) is 46.1 Å². The van der Waals surface area contributed by atoms with Crippen molar-refractivity contribution >= 4 is 23.2 Å². The van der Waals surface area contributed by atoms with Gasteiger partial charge in [0.05, 0.1) is 12.1 Å². The average molecular weight is 328 g/mol. The van der Waals surface area contributed by atoms with Gasteiger partial charge in [0.25, 0.3) is 5.91 Å². The van der Waals surface area contributed by atoms with Gasteiger partial charge in [-0.3, -0.25) is 4.79 Å². The molecule has 0 aliphatic carbocycles. The number of hydrogen-bond donors (Lipinski definition) is 1. The molecule has 0 aliphatic heterocycles. The number of halogens is 1. The summed E-state index contributed by atoms with van der Waals surface area (Å²) in [5, 5.41) is 3.34. The van der Waals surface area contributed by atoms with E-state index in [1.807, 2.05) is 13.8 Å². The molecule has 22 heavy (non-hydrogen) atoms. The molecule has 0 heterocycles. The summed E-state index contributed by atoms with van der Waals surface area (Å²) in [4.78, 5) is 12.6. The highest BCUT2D eigenvalue weighted by Gasteiger charge is 2.35. The van der Waals surface area contributed by atoms with Crippen molar-refractivity contribution in [1.82, 2.24) is 0 Å². The van der Waals surface area contributed by atoms with Gasteiger partial charge in [-0.2, -0.15) is 0 Å². The maximum absolute atomic E-state index is 12.6. The lowest BCUT2D eigenvalue weighted by atomic mass is 9.93. The first-order chi connectivity index (χ1) is 10.3. The second-order valence-electron chi connectivity index (χ2n) is 5.98. The molecule has 1 aromatic carbocycles. The quantitative estimate of drug-likeness (QED) is 0.763. The van der Waals surface area contributed by atoms with Crippen molar-refractivity contribution < 1.29 is 14.3 Å². The van der Waals surface area contributed by atoms with Crippen molar-refractivity contribution in [3.63, 3.8) is 0 Å². The van der Waals surface area contributed by atoms with Gasteiger partial charge in [0.2, 0.25) is 0 Å². The highest BCUT2D eigenvalue weighted by atomic mass is 35.5. The normalized spacial score (nSPS) is 13.8. The SMILES string of the molecule is CCCO[C@](C)(CC(C)C)C(=O)Nc1ccc(OC)c(Cl)c1. The van der Waals surface area contributed by atoms with E-state index in [0.717, 1.165) is 6.42 Å². The molecule has 0 fully saturated rings. The topological polar surface area (TPSA) is 47.6 Å². The highest BCUT2D eigenvalue weighted by molar-refractivity contribution is 6.32. The fraction of sp³-hybridized carbons (Fsp3) is 0.588. The third-order valence-corrected chi connectivity index (χ3v) is 3.61. The Morgan fingerprint density at radius 2 is 2.09 bits per heavy atom. The first-order valence-corrected chi connectivity index (χ1v) is 7.99. The van der Waals surface area contributed by atoms with Crippen molar-refractivity contribution in [3.05, 3.63) is 23.2 Å². The molecule has 0 saturated carbocycles. The van der Waals surface area contributed by atoms with Crippen LogP contribution in [0.3, 0.4) is 0 Å². The Balaban J connectivity index is 2.88. The van der Waals surface area contributed by atoms with E-state index < -0.39 is 5.60 Å². The Kier molecular flexibility index (Phi) is 7.17. The lowest BCUT2D eigenvalue weighted by molar-refractivity contribution is -0.141. The van der Waals surface area contributed by atoms with Crippen LogP contribution >= 0.6 is 11.6 Å². The van der Waals surface area contributed by atoms with Gasteiger partial charge in [-0.15, -0.1) is 0 Å². The molecule has 4 nitrogen and oxygen atoms in total. The molecule has 1 N–H and O–H groups in total. The molecule has 5 heteroatoms. The molecule has 124 valence electrons. The number of carbonyl (C=O) groups is 1. The average Bonchev–Trinajstić information content (AvgIpc) is 2.44. The Hall–Kier alpha value is -1.26. The fourth-order valence-corrected chi connectivity index (χ4v) is 2.59. The van der Waals surface area contributed by atoms with E-state index in [0.29, 0.717) is 35.4 Å². The van der Waals surface area contributed by atoms with E-state index in [9.17, 15) is 4.79 Å². The fourth-order valence-electron chi connectivity index (χ4n) is 2.33. The molecule has 1 aromatic rings. The van der Waals surface area contributed by atoms with Gasteiger partial charge in [0.15, 0.2) is 0 Å². The molecule has 0 unspecified atom stereocenters. The molecular formula is C17H26ClNO3. The smallest absolute Gasteiger partial charge is 0.256 e. The van der Waals surface area contributed by atoms with Crippen LogP contribution in [0, 0.1) is 5.92 Å². The van der Waals surface area contributed by atoms with E-state index in [4.69, 9.17) is 21.1 Å². The largest absolute Gasteiger partial charge is 0.495 e. The maximum Gasteiger partial charge on any atom is 0.256 e. The number of ether oxygens (including phenoxy) is 2. The van der Waals surface area contributed by atoms with Gasteiger partial charge in [-0.1, -0.05) is 32.4 Å². The first kappa shape index (κ1) is 18.8. The van der Waals surface area contributed by atoms with E-state index in [-0.39, 0.29) is 5.91 Å². The number of amides is 1. The van der Waals surface area contributed by atoms with Crippen LogP contribution in [0.1, 0.15) is 40.5 Å². The second-order valence-corrected chi connectivity index (χ2v) is 6.39. The number of methoxy groups -OCH3 is 1. The Labute approximate surface area is 138 Å². The van der Waals surface area contributed by atoms with Gasteiger partial charge in [-0.05, 0) is 43.9 Å². The highest BCUT2D eigenvalue weighted by Crippen LogP contribution is 2.29. The molecule has 0 bridgehead atoms. The summed E-state index contributed by atoms with van der Waals surface area (Å²) in [7, 11) is 1.55. The van der Waals surface area contributed by atoms with Crippen LogP contribution in [0.15, 0.2) is 18.2 Å². The zero-order chi connectivity index (χ0) is 16.8. The van der Waals surface area contributed by atoms with Crippen molar-refractivity contribution in [1.29, 1.82) is 0 Å². The molecule has 1 amide bonds. The minimum atomic E-state index is -0.851. The Morgan fingerprint density at radius 3 is 2.59 bits per heavy atom. The third-order valence-electron chi connectivity index (χ3n) is 3.31. The summed E-state index contributed by atoms with van der Waals surface area (Å²) in [5.41, 5.74) is -0.220. The van der Waals surface area contributed by atoms with Gasteiger partial charge in [0.1, 0.15) is 11.4 Å². The molecule has 0 aromatic heterocycles. The van der Waals surface area contributed by atoms with Crippen LogP contribution < -0.4 is 10.1 Å². The third kappa shape index (κ3) is 5.18. The van der Waals surface area contributed by atoms with Crippen molar-refractivity contribution in [3.8, 4) is 5.75 Å². The summed E-state index contributed by atoms with van der Waals surface area (Å²) in [5.74, 6) is 0.773. The minimum absolute atomic E-state index is 0.157. The Bertz CT molecular complexity index is 505. The monoisotopic (exact) mass is 327 g/mol. The summed E-state index contributed by atoms with van der Waals surface area (Å²) in [6.45, 7) is 8.57. The number of benzene rings is 1. The number of hydrogen-bond acceptors (Lipinski definition) is 3. The van der Waals surface area contributed by atoms with Crippen LogP contribution in [-0.4, -0.2) is 25.2 Å². The van der Waals surface area contributed by atoms with E-state index in [1.165, 1.54) is 0 Å². The van der Waals surface area contributed by atoms with Crippen LogP contribution in [0.5, 0.6) is 5.75 Å². The molecule has 0 aliphatic rings. The van der Waals surface area contributed by atoms with Crippen LogP contribution in [0.2, 0.25) is 5.02 Å². The zero-order valence-electron chi connectivity index (χ0n) is 14.0. The lowest BCUT2D eigenvalue weighted by Crippen LogP contribution is -2.44. The van der Waals surface area contributed by atoms with Crippen LogP contribution in [0.4, 0.5) is 5.69 Å². The molecule has 1 atom stereocenters. The molecule has 1 rings (SSSR count). The molecule has 0 spiro atoms. The second kappa shape index (κ2) is 8.39. The van der Waals surface area contributed by atoms with E-state index in [2.05, 4.69) is 19.2 Å². The summed E-state index contributed by atoms with van der Waals surface area (Å²) < 4.78 is 10.9. The van der Waals surface area contributed by atoms with Gasteiger partial charge in [0, 0.05) is 12.3 Å². The van der Waals surface area contributed by atoms with Crippen molar-refractivity contribution in [2.75, 3.05) is 19.0 Å². The summed E-state index contributed by atoms with van der Waals surface area (Å²) in [6.07, 6.45) is 1.53. The standard InChI is InChI=1S/C17H26ClNO3/c1-6-9-22-17(4,11-12(2)3)16(20)19-13-7-8-15(21-5)14(18)10-13/h7-8,10,12H,6,9,11H2,1-5H3,(H,19,20)/t17-/m1/s1. The van der Waals surface area contributed by atoms with Crippen LogP contribution in [-0.2, 0) is 9.53 Å². The van der Waals surface area contributed by atoms with Gasteiger partial charge >= 0.3 is 0 Å². The first-order valence-electron chi connectivity index (χ1n) is 7.61. The maximum atomic E-state index is 12.6. The number of rotatable bonds is 8. The van der Waals surface area contributed by atoms with Gasteiger partial charge in [-0.25, -0.2) is 0 Å². The molecule has 0 saturated heterocycles. The van der Waals surface area contributed by atoms with Crippen molar-refractivity contribution in [2.24, 2.45) is 5.92 Å². The molecular weight excluding hydrogens is 302 g/mol. The summed E-state index contributed by atoms with van der Waals surface area (Å²) >= 11 is 6.09. The minimum Gasteiger partial charge on any atom is -0.495 e. The zero-order valence-corrected chi connectivity index (χ0v) is 14.8. The Morgan fingerprint density at radius 1 is 1.41 bits per heavy atom. The number of carbonyl (C=O) groups excluding carboxylic acids is 1.